The molecule has 2 heterocycles. The predicted molar refractivity (Wildman–Crippen MR) is 184 cm³/mol. The second-order valence-electron chi connectivity index (χ2n) is 11.2. The van der Waals surface area contributed by atoms with E-state index in [2.05, 4.69) is 91.0 Å². The fourth-order valence-corrected chi connectivity index (χ4v) is 6.45. The number of rotatable bonds is 4. The van der Waals surface area contributed by atoms with Gasteiger partial charge in [-0.1, -0.05) is 133 Å². The molecule has 7 aromatic carbocycles. The van der Waals surface area contributed by atoms with Crippen LogP contribution in [0, 0.1) is 0 Å². The Morgan fingerprint density at radius 2 is 0.867 bits per heavy atom. The summed E-state index contributed by atoms with van der Waals surface area (Å²) in [5.41, 5.74) is 6.70. The van der Waals surface area contributed by atoms with E-state index in [1.54, 1.807) is 0 Å². The first-order valence-electron chi connectivity index (χ1n) is 15.0. The third-order valence-electron chi connectivity index (χ3n) is 8.56. The van der Waals surface area contributed by atoms with Crippen LogP contribution in [0.25, 0.3) is 88.8 Å². The fourth-order valence-electron chi connectivity index (χ4n) is 6.45. The van der Waals surface area contributed by atoms with E-state index in [4.69, 9.17) is 19.4 Å². The van der Waals surface area contributed by atoms with Gasteiger partial charge in [0.15, 0.2) is 17.5 Å². The van der Waals surface area contributed by atoms with Crippen molar-refractivity contribution in [3.8, 4) is 45.3 Å². The average Bonchev–Trinajstić information content (AvgIpc) is 3.50. The number of nitrogens with zero attached hydrogens (tertiary/aromatic N) is 3. The number of hydrogen-bond acceptors (Lipinski definition) is 4. The van der Waals surface area contributed by atoms with Gasteiger partial charge in [0.25, 0.3) is 0 Å². The zero-order valence-electron chi connectivity index (χ0n) is 24.2. The van der Waals surface area contributed by atoms with Gasteiger partial charge in [-0.3, -0.25) is 0 Å². The summed E-state index contributed by atoms with van der Waals surface area (Å²) in [6.07, 6.45) is 0. The van der Waals surface area contributed by atoms with Crippen LogP contribution < -0.4 is 0 Å². The molecule has 0 unspecified atom stereocenters. The van der Waals surface area contributed by atoms with E-state index in [-0.39, 0.29) is 0 Å². The largest absolute Gasteiger partial charge is 0.455 e. The maximum absolute atomic E-state index is 6.40. The SMILES string of the molecule is c1ccc(-c2nc(-c3ccc(-c4cccc5ccccc45)c4ccccc34)nc(-c3cccc4c3oc3ccccc34)n2)cc1. The molecule has 0 saturated carbocycles. The minimum absolute atomic E-state index is 0.575. The first-order valence-corrected chi connectivity index (χ1v) is 15.0. The lowest BCUT2D eigenvalue weighted by Gasteiger charge is -2.14. The molecular weight excluding hydrogens is 550 g/mol. The summed E-state index contributed by atoms with van der Waals surface area (Å²) in [5.74, 6) is 1.81. The highest BCUT2D eigenvalue weighted by molar-refractivity contribution is 6.10. The van der Waals surface area contributed by atoms with E-state index < -0.39 is 0 Å². The van der Waals surface area contributed by atoms with Gasteiger partial charge in [0.05, 0.1) is 5.56 Å². The molecule has 2 aromatic heterocycles. The topological polar surface area (TPSA) is 51.8 Å². The molecule has 45 heavy (non-hydrogen) atoms. The zero-order valence-corrected chi connectivity index (χ0v) is 24.2. The van der Waals surface area contributed by atoms with Crippen LogP contribution in [0.4, 0.5) is 0 Å². The highest BCUT2D eigenvalue weighted by Crippen LogP contribution is 2.39. The lowest BCUT2D eigenvalue weighted by molar-refractivity contribution is 0.669. The molecule has 0 aliphatic heterocycles. The molecule has 0 fully saturated rings. The summed E-state index contributed by atoms with van der Waals surface area (Å²) in [6.45, 7) is 0. The number of hydrogen-bond donors (Lipinski definition) is 0. The number of aromatic nitrogens is 3. The van der Waals surface area contributed by atoms with Crippen molar-refractivity contribution in [1.82, 2.24) is 15.0 Å². The van der Waals surface area contributed by atoms with Crippen LogP contribution in [0.3, 0.4) is 0 Å². The van der Waals surface area contributed by atoms with Gasteiger partial charge in [0, 0.05) is 21.9 Å². The molecule has 0 atom stereocenters. The zero-order chi connectivity index (χ0) is 29.7. The Morgan fingerprint density at radius 3 is 1.71 bits per heavy atom. The quantitative estimate of drug-likeness (QED) is 0.209. The van der Waals surface area contributed by atoms with Gasteiger partial charge in [-0.25, -0.2) is 15.0 Å². The van der Waals surface area contributed by atoms with Crippen molar-refractivity contribution in [2.45, 2.75) is 0 Å². The van der Waals surface area contributed by atoms with E-state index in [0.717, 1.165) is 49.4 Å². The molecule has 0 spiro atoms. The van der Waals surface area contributed by atoms with Crippen molar-refractivity contribution < 1.29 is 4.42 Å². The maximum atomic E-state index is 6.40. The molecule has 4 heteroatoms. The van der Waals surface area contributed by atoms with E-state index in [9.17, 15) is 0 Å². The molecule has 0 amide bonds. The Labute approximate surface area is 259 Å². The molecule has 9 aromatic rings. The molecule has 0 aliphatic carbocycles. The van der Waals surface area contributed by atoms with Crippen molar-refractivity contribution in [2.75, 3.05) is 0 Å². The maximum Gasteiger partial charge on any atom is 0.167 e. The summed E-state index contributed by atoms with van der Waals surface area (Å²) in [4.78, 5) is 15.2. The summed E-state index contributed by atoms with van der Waals surface area (Å²) in [7, 11) is 0. The second kappa shape index (κ2) is 10.2. The molecule has 0 radical (unpaired) electrons. The molecule has 9 rings (SSSR count). The van der Waals surface area contributed by atoms with E-state index in [1.165, 1.54) is 21.9 Å². The first-order chi connectivity index (χ1) is 22.3. The summed E-state index contributed by atoms with van der Waals surface area (Å²) in [6, 6.07) is 52.2. The summed E-state index contributed by atoms with van der Waals surface area (Å²) >= 11 is 0. The summed E-state index contributed by atoms with van der Waals surface area (Å²) < 4.78 is 6.40. The van der Waals surface area contributed by atoms with Crippen LogP contribution in [-0.2, 0) is 0 Å². The van der Waals surface area contributed by atoms with Gasteiger partial charge < -0.3 is 4.42 Å². The van der Waals surface area contributed by atoms with Crippen LogP contribution in [0.15, 0.2) is 156 Å². The normalized spacial score (nSPS) is 11.6. The predicted octanol–water partition coefficient (Wildman–Crippen LogP) is 10.7. The molecule has 0 bridgehead atoms. The van der Waals surface area contributed by atoms with Gasteiger partial charge in [0.1, 0.15) is 11.2 Å². The molecule has 0 N–H and O–H groups in total. The van der Waals surface area contributed by atoms with Gasteiger partial charge in [-0.2, -0.15) is 0 Å². The number of para-hydroxylation sites is 2. The minimum atomic E-state index is 0.575. The number of fused-ring (bicyclic) bond motifs is 5. The minimum Gasteiger partial charge on any atom is -0.455 e. The Kier molecular flexibility index (Phi) is 5.78. The summed E-state index contributed by atoms with van der Waals surface area (Å²) in [5, 5.41) is 6.79. The van der Waals surface area contributed by atoms with E-state index in [0.29, 0.717) is 17.5 Å². The molecular formula is C41H25N3O. The lowest BCUT2D eigenvalue weighted by atomic mass is 9.92. The molecule has 0 saturated heterocycles. The van der Waals surface area contributed by atoms with Crippen molar-refractivity contribution in [1.29, 1.82) is 0 Å². The lowest BCUT2D eigenvalue weighted by Crippen LogP contribution is -2.01. The Hall–Kier alpha value is -6.13. The number of benzene rings is 7. The van der Waals surface area contributed by atoms with Crippen LogP contribution in [0.5, 0.6) is 0 Å². The van der Waals surface area contributed by atoms with Crippen LogP contribution in [-0.4, -0.2) is 15.0 Å². The average molecular weight is 576 g/mol. The molecule has 210 valence electrons. The van der Waals surface area contributed by atoms with E-state index >= 15 is 0 Å². The third-order valence-corrected chi connectivity index (χ3v) is 8.56. The van der Waals surface area contributed by atoms with Crippen molar-refractivity contribution in [3.63, 3.8) is 0 Å². The Bertz CT molecular complexity index is 2540. The van der Waals surface area contributed by atoms with Gasteiger partial charge in [-0.05, 0) is 50.9 Å². The van der Waals surface area contributed by atoms with Crippen molar-refractivity contribution in [3.05, 3.63) is 152 Å². The fraction of sp³-hybridized carbons (Fsp3) is 0. The van der Waals surface area contributed by atoms with E-state index in [1.807, 2.05) is 60.7 Å². The van der Waals surface area contributed by atoms with Crippen molar-refractivity contribution >= 4 is 43.5 Å². The molecule has 0 aliphatic rings. The smallest absolute Gasteiger partial charge is 0.167 e. The monoisotopic (exact) mass is 575 g/mol. The Morgan fingerprint density at radius 1 is 0.333 bits per heavy atom. The van der Waals surface area contributed by atoms with Crippen LogP contribution in [0.2, 0.25) is 0 Å². The number of furan rings is 1. The highest BCUT2D eigenvalue weighted by Gasteiger charge is 2.19. The Balaban J connectivity index is 1.30. The van der Waals surface area contributed by atoms with Gasteiger partial charge in [0.2, 0.25) is 0 Å². The molecule has 4 nitrogen and oxygen atoms in total. The highest BCUT2D eigenvalue weighted by atomic mass is 16.3. The van der Waals surface area contributed by atoms with Crippen molar-refractivity contribution in [2.24, 2.45) is 0 Å². The van der Waals surface area contributed by atoms with Crippen LogP contribution in [0.1, 0.15) is 0 Å². The van der Waals surface area contributed by atoms with Gasteiger partial charge in [-0.15, -0.1) is 0 Å². The third kappa shape index (κ3) is 4.19. The second-order valence-corrected chi connectivity index (χ2v) is 11.2. The standard InChI is InChI=1S/C41H25N3O/c1-2-13-27(14-3-1)39-42-40(44-41(43-39)36-22-11-21-34-33-19-8-9-23-37(33)45-38(34)36)35-25-24-32(30-17-6-7-18-31(30)35)29-20-10-15-26-12-4-5-16-28(26)29/h1-25H. The van der Waals surface area contributed by atoms with Gasteiger partial charge >= 0.3 is 0 Å². The van der Waals surface area contributed by atoms with Crippen LogP contribution >= 0.6 is 0 Å². The first kappa shape index (κ1) is 25.4.